The minimum absolute atomic E-state index is 0.0827. The van der Waals surface area contributed by atoms with Crippen LogP contribution in [0.1, 0.15) is 21.7 Å². The lowest BCUT2D eigenvalue weighted by Crippen LogP contribution is -2.46. The summed E-state index contributed by atoms with van der Waals surface area (Å²) in [6, 6.07) is 17.2. The van der Waals surface area contributed by atoms with Crippen LogP contribution >= 0.6 is 0 Å². The summed E-state index contributed by atoms with van der Waals surface area (Å²) >= 11 is 0. The third kappa shape index (κ3) is 5.16. The highest BCUT2D eigenvalue weighted by Gasteiger charge is 2.23. The molecule has 0 radical (unpaired) electrons. The largest absolute Gasteiger partial charge is 0.290 e. The molecule has 0 bridgehead atoms. The maximum absolute atomic E-state index is 12.6. The highest BCUT2D eigenvalue weighted by atomic mass is 32.2. The van der Waals surface area contributed by atoms with Crippen molar-refractivity contribution in [2.24, 2.45) is 0 Å². The molecule has 0 aliphatic carbocycles. The van der Waals surface area contributed by atoms with Gasteiger partial charge in [-0.25, -0.2) is 13.1 Å². The molecule has 10 heteroatoms. The van der Waals surface area contributed by atoms with E-state index in [0.29, 0.717) is 0 Å². The Balaban J connectivity index is 1.59. The lowest BCUT2D eigenvalue weighted by molar-refractivity contribution is -0.121. The summed E-state index contributed by atoms with van der Waals surface area (Å²) in [5.41, 5.74) is 7.05. The van der Waals surface area contributed by atoms with Crippen molar-refractivity contribution >= 4 is 21.8 Å². The Kier molecular flexibility index (Phi) is 6.52. The molecule has 0 spiro atoms. The van der Waals surface area contributed by atoms with Crippen molar-refractivity contribution in [1.82, 2.24) is 24.9 Å². The molecule has 0 aliphatic rings. The van der Waals surface area contributed by atoms with Gasteiger partial charge in [-0.2, -0.15) is 9.40 Å². The van der Waals surface area contributed by atoms with Crippen molar-refractivity contribution in [2.45, 2.75) is 18.7 Å². The maximum Gasteiger partial charge on any atom is 0.290 e. The van der Waals surface area contributed by atoms with Gasteiger partial charge in [0.05, 0.1) is 17.1 Å². The van der Waals surface area contributed by atoms with Crippen LogP contribution in [-0.4, -0.2) is 47.9 Å². The first-order valence-corrected chi connectivity index (χ1v) is 10.9. The fourth-order valence-corrected chi connectivity index (χ4v) is 3.95. The van der Waals surface area contributed by atoms with E-state index in [1.807, 2.05) is 37.3 Å². The van der Waals surface area contributed by atoms with E-state index in [0.717, 1.165) is 21.2 Å². The Morgan fingerprint density at radius 2 is 1.65 bits per heavy atom. The van der Waals surface area contributed by atoms with Gasteiger partial charge in [0.1, 0.15) is 0 Å². The number of hydrogen-bond donors (Lipinski definition) is 2. The Morgan fingerprint density at radius 3 is 2.29 bits per heavy atom. The lowest BCUT2D eigenvalue weighted by atomic mass is 10.2. The third-order valence-electron chi connectivity index (χ3n) is 4.53. The molecule has 1 heterocycles. The van der Waals surface area contributed by atoms with Crippen LogP contribution in [0.5, 0.6) is 0 Å². The van der Waals surface area contributed by atoms with Gasteiger partial charge in [-0.15, -0.1) is 0 Å². The summed E-state index contributed by atoms with van der Waals surface area (Å²) in [7, 11) is -2.54. The summed E-state index contributed by atoms with van der Waals surface area (Å²) in [4.78, 5) is 24.6. The van der Waals surface area contributed by atoms with E-state index in [9.17, 15) is 18.0 Å². The minimum atomic E-state index is -3.83. The highest BCUT2D eigenvalue weighted by molar-refractivity contribution is 7.89. The number of likely N-dealkylation sites (N-methyl/N-ethyl adjacent to an activating group) is 1. The third-order valence-corrected chi connectivity index (χ3v) is 6.35. The van der Waals surface area contributed by atoms with Gasteiger partial charge in [0.15, 0.2) is 5.69 Å². The van der Waals surface area contributed by atoms with Gasteiger partial charge in [-0.1, -0.05) is 35.9 Å². The average Bonchev–Trinajstić information content (AvgIpc) is 3.14. The molecule has 162 valence electrons. The molecule has 3 rings (SSSR count). The maximum atomic E-state index is 12.6. The second-order valence-corrected chi connectivity index (χ2v) is 9.04. The van der Waals surface area contributed by atoms with E-state index in [1.54, 1.807) is 29.8 Å². The second-order valence-electron chi connectivity index (χ2n) is 6.99. The summed E-state index contributed by atoms with van der Waals surface area (Å²) in [5, 5.41) is 4.25. The summed E-state index contributed by atoms with van der Waals surface area (Å²) in [6.45, 7) is 3.19. The Bertz CT molecular complexity index is 1190. The molecule has 0 saturated carbocycles. The molecule has 0 fully saturated rings. The number of aromatic nitrogens is 2. The molecule has 9 nitrogen and oxygen atoms in total. The first-order valence-electron chi connectivity index (χ1n) is 9.43. The van der Waals surface area contributed by atoms with E-state index in [-0.39, 0.29) is 10.6 Å². The molecular weight excluding hydrogens is 418 g/mol. The number of carbonyl (C=O) groups excluding carboxylic acids is 2. The van der Waals surface area contributed by atoms with Crippen LogP contribution < -0.4 is 10.9 Å². The number of sulfonamides is 1. The molecule has 0 atom stereocenters. The van der Waals surface area contributed by atoms with Crippen LogP contribution in [-0.2, 0) is 14.8 Å². The molecule has 0 aliphatic heterocycles. The summed E-state index contributed by atoms with van der Waals surface area (Å²) in [5.74, 6) is -1.30. The quantitative estimate of drug-likeness (QED) is 0.564. The number of hydrazine groups is 1. The molecule has 1 aromatic heterocycles. The van der Waals surface area contributed by atoms with Crippen molar-refractivity contribution in [3.05, 3.63) is 77.6 Å². The number of nitrogens with zero attached hydrogens (tertiary/aromatic N) is 3. The number of aryl methyl sites for hydroxylation is 2. The zero-order chi connectivity index (χ0) is 22.6. The van der Waals surface area contributed by atoms with Gasteiger partial charge in [0.25, 0.3) is 11.8 Å². The monoisotopic (exact) mass is 441 g/mol. The molecule has 2 amide bonds. The van der Waals surface area contributed by atoms with Gasteiger partial charge >= 0.3 is 0 Å². The Hall–Kier alpha value is -3.50. The smallest absolute Gasteiger partial charge is 0.272 e. The fraction of sp³-hybridized carbons (Fsp3) is 0.190. The average molecular weight is 442 g/mol. The van der Waals surface area contributed by atoms with E-state index >= 15 is 0 Å². The first kappa shape index (κ1) is 22.2. The van der Waals surface area contributed by atoms with Gasteiger partial charge in [-0.05, 0) is 44.2 Å². The topological polar surface area (TPSA) is 113 Å². The highest BCUT2D eigenvalue weighted by Crippen LogP contribution is 2.15. The molecule has 31 heavy (non-hydrogen) atoms. The zero-order valence-corrected chi connectivity index (χ0v) is 18.2. The van der Waals surface area contributed by atoms with Crippen LogP contribution in [0.3, 0.4) is 0 Å². The molecule has 0 saturated heterocycles. The van der Waals surface area contributed by atoms with Crippen LogP contribution in [0, 0.1) is 13.8 Å². The summed E-state index contributed by atoms with van der Waals surface area (Å²) < 4.78 is 27.6. The minimum Gasteiger partial charge on any atom is -0.272 e. The fourth-order valence-electron chi connectivity index (χ4n) is 2.82. The number of amides is 2. The molecule has 2 N–H and O–H groups in total. The number of carbonyl (C=O) groups is 2. The van der Waals surface area contributed by atoms with E-state index in [2.05, 4.69) is 16.0 Å². The molecule has 3 aromatic rings. The van der Waals surface area contributed by atoms with E-state index < -0.39 is 28.4 Å². The normalized spacial score (nSPS) is 11.4. The number of nitrogens with one attached hydrogen (secondary N) is 2. The van der Waals surface area contributed by atoms with Crippen molar-refractivity contribution in [1.29, 1.82) is 0 Å². The van der Waals surface area contributed by atoms with Gasteiger partial charge in [0, 0.05) is 12.7 Å². The standard InChI is InChI=1S/C21H23N5O4S/c1-15-9-11-18(12-10-15)31(29,30)25(3)14-20(27)22-23-21(28)19-13-16(2)26(24-19)17-7-5-4-6-8-17/h4-13H,14H2,1-3H3,(H,22,27)(H,23,28). The zero-order valence-electron chi connectivity index (χ0n) is 17.4. The van der Waals surface area contributed by atoms with Gasteiger partial charge < -0.3 is 0 Å². The van der Waals surface area contributed by atoms with E-state index in [1.165, 1.54) is 19.2 Å². The lowest BCUT2D eigenvalue weighted by Gasteiger charge is -2.17. The van der Waals surface area contributed by atoms with Crippen molar-refractivity contribution in [3.8, 4) is 5.69 Å². The number of rotatable bonds is 6. The SMILES string of the molecule is Cc1ccc(S(=O)(=O)N(C)CC(=O)NNC(=O)c2cc(C)n(-c3ccccc3)n2)cc1. The molecular formula is C21H23N5O4S. The molecule has 0 unspecified atom stereocenters. The van der Waals surface area contributed by atoms with E-state index in [4.69, 9.17) is 0 Å². The van der Waals surface area contributed by atoms with Crippen LogP contribution in [0.4, 0.5) is 0 Å². The van der Waals surface area contributed by atoms with Crippen LogP contribution in [0.25, 0.3) is 5.69 Å². The predicted octanol–water partition coefficient (Wildman–Crippen LogP) is 1.57. The van der Waals surface area contributed by atoms with Crippen LogP contribution in [0.15, 0.2) is 65.6 Å². The first-order chi connectivity index (χ1) is 14.7. The number of hydrogen-bond acceptors (Lipinski definition) is 5. The molecule has 2 aromatic carbocycles. The number of benzene rings is 2. The van der Waals surface area contributed by atoms with Gasteiger partial charge in [-0.3, -0.25) is 20.4 Å². The summed E-state index contributed by atoms with van der Waals surface area (Å²) in [6.07, 6.45) is 0. The Morgan fingerprint density at radius 1 is 1.00 bits per heavy atom. The van der Waals surface area contributed by atoms with Crippen molar-refractivity contribution in [2.75, 3.05) is 13.6 Å². The van der Waals surface area contributed by atoms with Crippen molar-refractivity contribution < 1.29 is 18.0 Å². The van der Waals surface area contributed by atoms with Crippen LogP contribution in [0.2, 0.25) is 0 Å². The second kappa shape index (κ2) is 9.11. The van der Waals surface area contributed by atoms with Gasteiger partial charge in [0.2, 0.25) is 10.0 Å². The van der Waals surface area contributed by atoms with Crippen molar-refractivity contribution in [3.63, 3.8) is 0 Å². The predicted molar refractivity (Wildman–Crippen MR) is 115 cm³/mol. The number of para-hydroxylation sites is 1. The Labute approximate surface area is 180 Å².